The minimum Gasteiger partial charge on any atom is -0.374 e. The summed E-state index contributed by atoms with van der Waals surface area (Å²) in [5, 5.41) is 10.6. The zero-order chi connectivity index (χ0) is 16.2. The lowest BCUT2D eigenvalue weighted by Crippen LogP contribution is -2.12. The van der Waals surface area contributed by atoms with Gasteiger partial charge in [-0.25, -0.2) is 0 Å². The fourth-order valence-electron chi connectivity index (χ4n) is 2.12. The van der Waals surface area contributed by atoms with Crippen LogP contribution in [-0.4, -0.2) is 26.6 Å². The third-order valence-electron chi connectivity index (χ3n) is 3.35. The van der Waals surface area contributed by atoms with Crippen LogP contribution in [0.5, 0.6) is 0 Å². The third kappa shape index (κ3) is 3.73. The van der Waals surface area contributed by atoms with E-state index in [0.29, 0.717) is 17.9 Å². The van der Waals surface area contributed by atoms with Gasteiger partial charge >= 0.3 is 0 Å². The topological polar surface area (TPSA) is 68.5 Å². The van der Waals surface area contributed by atoms with Crippen LogP contribution >= 0.6 is 0 Å². The van der Waals surface area contributed by atoms with Gasteiger partial charge in [-0.2, -0.15) is 0 Å². The van der Waals surface area contributed by atoms with Crippen LogP contribution in [-0.2, 0) is 11.3 Å². The number of hydrogen-bond acceptors (Lipinski definition) is 4. The number of amides is 1. The fraction of sp³-hybridized carbons (Fsp3) is 0.235. The van der Waals surface area contributed by atoms with Crippen molar-refractivity contribution in [2.75, 3.05) is 5.32 Å². The van der Waals surface area contributed by atoms with Crippen molar-refractivity contribution in [3.8, 4) is 0 Å². The molecule has 1 aromatic carbocycles. The van der Waals surface area contributed by atoms with Gasteiger partial charge in [0.1, 0.15) is 6.33 Å². The molecular weight excluding hydrogens is 292 g/mol. The summed E-state index contributed by atoms with van der Waals surface area (Å²) in [6.07, 6.45) is 3.55. The molecule has 0 saturated carbocycles. The number of benzene rings is 1. The number of fused-ring (bicyclic) bond motifs is 1. The maximum Gasteiger partial charge on any atom is 0.255 e. The Morgan fingerprint density at radius 1 is 1.22 bits per heavy atom. The number of anilines is 1. The lowest BCUT2D eigenvalue weighted by atomic mass is 10.1. The number of pyridine rings is 1. The minimum atomic E-state index is -0.159. The first-order chi connectivity index (χ1) is 11.1. The molecule has 0 aliphatic heterocycles. The average Bonchev–Trinajstić information content (AvgIpc) is 3.01. The first kappa shape index (κ1) is 15.2. The summed E-state index contributed by atoms with van der Waals surface area (Å²) in [5.41, 5.74) is 3.07. The first-order valence-electron chi connectivity index (χ1n) is 7.43. The Morgan fingerprint density at radius 3 is 2.74 bits per heavy atom. The van der Waals surface area contributed by atoms with Gasteiger partial charge in [0, 0.05) is 11.8 Å². The van der Waals surface area contributed by atoms with Gasteiger partial charge in [0.15, 0.2) is 5.65 Å². The molecule has 2 heterocycles. The molecule has 0 aliphatic rings. The standard InChI is InChI=1S/C17H18N4O2/c1-12(2)23-10-13-3-5-14(6-4-13)17(22)19-15-7-8-16-20-18-11-21(16)9-15/h3-9,11-12H,10H2,1-2H3,(H,19,22). The zero-order valence-electron chi connectivity index (χ0n) is 13.1. The van der Waals surface area contributed by atoms with Crippen LogP contribution < -0.4 is 5.32 Å². The Morgan fingerprint density at radius 2 is 2.00 bits per heavy atom. The van der Waals surface area contributed by atoms with Gasteiger partial charge in [0.05, 0.1) is 18.4 Å². The van der Waals surface area contributed by atoms with Crippen molar-refractivity contribution in [2.24, 2.45) is 0 Å². The molecule has 118 valence electrons. The molecule has 2 aromatic heterocycles. The van der Waals surface area contributed by atoms with Crippen LogP contribution in [0.2, 0.25) is 0 Å². The number of carbonyl (C=O) groups is 1. The number of hydrogen-bond donors (Lipinski definition) is 1. The Balaban J connectivity index is 1.67. The monoisotopic (exact) mass is 310 g/mol. The third-order valence-corrected chi connectivity index (χ3v) is 3.35. The minimum absolute atomic E-state index is 0.159. The van der Waals surface area contributed by atoms with Gasteiger partial charge in [-0.15, -0.1) is 10.2 Å². The highest BCUT2D eigenvalue weighted by Gasteiger charge is 2.07. The van der Waals surface area contributed by atoms with Gasteiger partial charge < -0.3 is 10.1 Å². The molecule has 0 aliphatic carbocycles. The van der Waals surface area contributed by atoms with Gasteiger partial charge in [0.25, 0.3) is 5.91 Å². The summed E-state index contributed by atoms with van der Waals surface area (Å²) in [7, 11) is 0. The van der Waals surface area contributed by atoms with Gasteiger partial charge in [-0.1, -0.05) is 12.1 Å². The lowest BCUT2D eigenvalue weighted by Gasteiger charge is -2.09. The molecule has 6 nitrogen and oxygen atoms in total. The average molecular weight is 310 g/mol. The number of carbonyl (C=O) groups excluding carboxylic acids is 1. The highest BCUT2D eigenvalue weighted by Crippen LogP contribution is 2.12. The second-order valence-electron chi connectivity index (χ2n) is 5.52. The van der Waals surface area contributed by atoms with E-state index >= 15 is 0 Å². The zero-order valence-corrected chi connectivity index (χ0v) is 13.1. The van der Waals surface area contributed by atoms with Crippen LogP contribution in [0.25, 0.3) is 5.65 Å². The summed E-state index contributed by atoms with van der Waals surface area (Å²) in [6, 6.07) is 11.0. The molecule has 0 saturated heterocycles. The van der Waals surface area contributed by atoms with Crippen LogP contribution in [0.3, 0.4) is 0 Å². The van der Waals surface area contributed by atoms with Crippen molar-refractivity contribution >= 4 is 17.2 Å². The van der Waals surface area contributed by atoms with Crippen molar-refractivity contribution in [3.63, 3.8) is 0 Å². The van der Waals surface area contributed by atoms with Crippen LogP contribution in [0, 0.1) is 0 Å². The van der Waals surface area contributed by atoms with E-state index in [1.807, 2.05) is 26.0 Å². The van der Waals surface area contributed by atoms with Gasteiger partial charge in [0.2, 0.25) is 0 Å². The Kier molecular flexibility index (Phi) is 4.34. The summed E-state index contributed by atoms with van der Waals surface area (Å²) >= 11 is 0. The van der Waals surface area contributed by atoms with Crippen LogP contribution in [0.4, 0.5) is 5.69 Å². The summed E-state index contributed by atoms with van der Waals surface area (Å²) in [6.45, 7) is 4.53. The fourth-order valence-corrected chi connectivity index (χ4v) is 2.12. The molecule has 0 atom stereocenters. The molecule has 1 N–H and O–H groups in total. The molecule has 0 bridgehead atoms. The van der Waals surface area contributed by atoms with Crippen LogP contribution in [0.1, 0.15) is 29.8 Å². The predicted octanol–water partition coefficient (Wildman–Crippen LogP) is 2.91. The highest BCUT2D eigenvalue weighted by atomic mass is 16.5. The maximum atomic E-state index is 12.3. The second kappa shape index (κ2) is 6.58. The summed E-state index contributed by atoms with van der Waals surface area (Å²) in [4.78, 5) is 12.3. The van der Waals surface area contributed by atoms with Crippen molar-refractivity contribution in [1.82, 2.24) is 14.6 Å². The van der Waals surface area contributed by atoms with E-state index in [9.17, 15) is 4.79 Å². The molecule has 3 rings (SSSR count). The smallest absolute Gasteiger partial charge is 0.255 e. The van der Waals surface area contributed by atoms with E-state index in [-0.39, 0.29) is 12.0 Å². The molecule has 6 heteroatoms. The predicted molar refractivity (Wildman–Crippen MR) is 87.3 cm³/mol. The van der Waals surface area contributed by atoms with E-state index < -0.39 is 0 Å². The molecule has 0 unspecified atom stereocenters. The van der Waals surface area contributed by atoms with Crippen molar-refractivity contribution in [2.45, 2.75) is 26.6 Å². The van der Waals surface area contributed by atoms with E-state index in [1.54, 1.807) is 41.2 Å². The van der Waals surface area contributed by atoms with E-state index in [4.69, 9.17) is 4.74 Å². The van der Waals surface area contributed by atoms with Gasteiger partial charge in [-0.3, -0.25) is 9.20 Å². The Labute approximate surface area is 134 Å². The number of aromatic nitrogens is 3. The molecule has 1 amide bonds. The molecular formula is C17H18N4O2. The molecule has 3 aromatic rings. The largest absolute Gasteiger partial charge is 0.374 e. The van der Waals surface area contributed by atoms with Gasteiger partial charge in [-0.05, 0) is 43.7 Å². The quantitative estimate of drug-likeness (QED) is 0.787. The number of rotatable bonds is 5. The Hall–Kier alpha value is -2.73. The summed E-state index contributed by atoms with van der Waals surface area (Å²) in [5.74, 6) is -0.159. The lowest BCUT2D eigenvalue weighted by molar-refractivity contribution is 0.0657. The van der Waals surface area contributed by atoms with E-state index in [2.05, 4.69) is 15.5 Å². The van der Waals surface area contributed by atoms with Crippen molar-refractivity contribution in [1.29, 1.82) is 0 Å². The molecule has 0 radical (unpaired) electrons. The molecule has 0 fully saturated rings. The van der Waals surface area contributed by atoms with Crippen molar-refractivity contribution < 1.29 is 9.53 Å². The number of nitrogens with one attached hydrogen (secondary N) is 1. The normalized spacial score (nSPS) is 11.1. The maximum absolute atomic E-state index is 12.3. The van der Waals surface area contributed by atoms with Crippen LogP contribution in [0.15, 0.2) is 48.9 Å². The second-order valence-corrected chi connectivity index (χ2v) is 5.52. The molecule has 23 heavy (non-hydrogen) atoms. The SMILES string of the molecule is CC(C)OCc1ccc(C(=O)Nc2ccc3nncn3c2)cc1. The summed E-state index contributed by atoms with van der Waals surface area (Å²) < 4.78 is 7.29. The Bertz CT molecular complexity index is 809. The highest BCUT2D eigenvalue weighted by molar-refractivity contribution is 6.04. The van der Waals surface area contributed by atoms with E-state index in [1.165, 1.54) is 0 Å². The molecule has 0 spiro atoms. The van der Waals surface area contributed by atoms with Crippen molar-refractivity contribution in [3.05, 3.63) is 60.0 Å². The first-order valence-corrected chi connectivity index (χ1v) is 7.43. The number of ether oxygens (including phenoxy) is 1. The van der Waals surface area contributed by atoms with E-state index in [0.717, 1.165) is 11.2 Å². The number of nitrogens with zero attached hydrogens (tertiary/aromatic N) is 3.